The molecule has 0 saturated carbocycles. The number of nitrogens with zero attached hydrogens (tertiary/aromatic N) is 1. The highest BCUT2D eigenvalue weighted by atomic mass is 16.5. The van der Waals surface area contributed by atoms with E-state index in [0.29, 0.717) is 12.1 Å². The summed E-state index contributed by atoms with van der Waals surface area (Å²) in [6, 6.07) is 0.541. The molecule has 96 valence electrons. The highest BCUT2D eigenvalue weighted by Gasteiger charge is 2.26. The third-order valence-electron chi connectivity index (χ3n) is 3.79. The van der Waals surface area contributed by atoms with Gasteiger partial charge in [-0.25, -0.2) is 0 Å². The third-order valence-corrected chi connectivity index (χ3v) is 3.79. The van der Waals surface area contributed by atoms with Crippen molar-refractivity contribution in [1.82, 2.24) is 4.90 Å². The zero-order valence-corrected chi connectivity index (χ0v) is 11.1. The van der Waals surface area contributed by atoms with E-state index in [4.69, 9.17) is 10.5 Å². The van der Waals surface area contributed by atoms with E-state index in [1.807, 2.05) is 0 Å². The lowest BCUT2D eigenvalue weighted by Crippen LogP contribution is -2.47. The minimum atomic E-state index is 0.353. The fourth-order valence-electron chi connectivity index (χ4n) is 2.80. The van der Waals surface area contributed by atoms with Gasteiger partial charge in [0.15, 0.2) is 0 Å². The van der Waals surface area contributed by atoms with Crippen molar-refractivity contribution in [3.05, 3.63) is 0 Å². The molecule has 2 atom stereocenters. The first-order valence-corrected chi connectivity index (χ1v) is 6.78. The zero-order chi connectivity index (χ0) is 12.0. The summed E-state index contributed by atoms with van der Waals surface area (Å²) < 4.78 is 5.69. The van der Waals surface area contributed by atoms with Crippen molar-refractivity contribution in [2.45, 2.75) is 52.2 Å². The molecule has 0 bridgehead atoms. The van der Waals surface area contributed by atoms with Gasteiger partial charge in [0.1, 0.15) is 0 Å². The summed E-state index contributed by atoms with van der Waals surface area (Å²) in [4.78, 5) is 2.55. The van der Waals surface area contributed by atoms with Gasteiger partial charge >= 0.3 is 0 Å². The van der Waals surface area contributed by atoms with E-state index in [2.05, 4.69) is 25.7 Å². The Morgan fingerprint density at radius 3 is 2.62 bits per heavy atom. The van der Waals surface area contributed by atoms with Gasteiger partial charge in [0.2, 0.25) is 0 Å². The van der Waals surface area contributed by atoms with E-state index >= 15 is 0 Å². The average Bonchev–Trinajstić information content (AvgIpc) is 2.50. The van der Waals surface area contributed by atoms with Gasteiger partial charge in [0.25, 0.3) is 0 Å². The minimum absolute atomic E-state index is 0.353. The van der Waals surface area contributed by atoms with Gasteiger partial charge < -0.3 is 10.5 Å². The van der Waals surface area contributed by atoms with E-state index in [0.717, 1.165) is 38.6 Å². The number of hydrogen-bond acceptors (Lipinski definition) is 3. The molecular formula is C13H28N2O. The van der Waals surface area contributed by atoms with Gasteiger partial charge in [0, 0.05) is 32.3 Å². The van der Waals surface area contributed by atoms with Gasteiger partial charge in [-0.3, -0.25) is 4.90 Å². The van der Waals surface area contributed by atoms with Gasteiger partial charge in [-0.05, 0) is 19.3 Å². The molecule has 1 saturated heterocycles. The molecule has 3 heteroatoms. The summed E-state index contributed by atoms with van der Waals surface area (Å²) in [5.41, 5.74) is 5.97. The summed E-state index contributed by atoms with van der Waals surface area (Å²) >= 11 is 0. The average molecular weight is 228 g/mol. The molecule has 2 unspecified atom stereocenters. The van der Waals surface area contributed by atoms with Crippen LogP contribution in [0.4, 0.5) is 0 Å². The topological polar surface area (TPSA) is 38.5 Å². The molecule has 1 aliphatic rings. The molecule has 2 N–H and O–H groups in total. The van der Waals surface area contributed by atoms with Crippen LogP contribution in [0.5, 0.6) is 0 Å². The van der Waals surface area contributed by atoms with Crippen molar-refractivity contribution >= 4 is 0 Å². The first-order chi connectivity index (χ1) is 7.72. The standard InChI is InChI=1S/C13H28N2O/c1-4-12(5-2)13(9-14)15-7-6-8-16-11(3)10-15/h11-13H,4-10,14H2,1-3H3. The second kappa shape index (κ2) is 7.25. The fraction of sp³-hybridized carbons (Fsp3) is 1.00. The molecule has 0 radical (unpaired) electrons. The van der Waals surface area contributed by atoms with Crippen LogP contribution in [0.1, 0.15) is 40.0 Å². The maximum atomic E-state index is 5.97. The molecule has 0 aromatic carbocycles. The lowest BCUT2D eigenvalue weighted by molar-refractivity contribution is 0.0534. The van der Waals surface area contributed by atoms with Crippen molar-refractivity contribution < 1.29 is 4.74 Å². The van der Waals surface area contributed by atoms with Crippen LogP contribution in [-0.4, -0.2) is 43.3 Å². The molecule has 0 aromatic rings. The minimum Gasteiger partial charge on any atom is -0.377 e. The SMILES string of the molecule is CCC(CC)C(CN)N1CCCOC(C)C1. The highest BCUT2D eigenvalue weighted by Crippen LogP contribution is 2.20. The van der Waals surface area contributed by atoms with Crippen LogP contribution in [0, 0.1) is 5.92 Å². The summed E-state index contributed by atoms with van der Waals surface area (Å²) in [7, 11) is 0. The lowest BCUT2D eigenvalue weighted by atomic mass is 9.92. The highest BCUT2D eigenvalue weighted by molar-refractivity contribution is 4.81. The first-order valence-electron chi connectivity index (χ1n) is 6.78. The molecule has 1 aliphatic heterocycles. The Labute approximate surface area is 100 Å². The van der Waals surface area contributed by atoms with Crippen LogP contribution >= 0.6 is 0 Å². The monoisotopic (exact) mass is 228 g/mol. The molecule has 1 heterocycles. The molecule has 0 amide bonds. The number of hydrogen-bond donors (Lipinski definition) is 1. The molecule has 3 nitrogen and oxygen atoms in total. The van der Waals surface area contributed by atoms with Crippen molar-refractivity contribution in [3.63, 3.8) is 0 Å². The Hall–Kier alpha value is -0.120. The van der Waals surface area contributed by atoms with E-state index < -0.39 is 0 Å². The maximum Gasteiger partial charge on any atom is 0.0674 e. The smallest absolute Gasteiger partial charge is 0.0674 e. The van der Waals surface area contributed by atoms with Crippen molar-refractivity contribution in [2.75, 3.05) is 26.2 Å². The lowest BCUT2D eigenvalue weighted by Gasteiger charge is -2.35. The van der Waals surface area contributed by atoms with Crippen LogP contribution < -0.4 is 5.73 Å². The third kappa shape index (κ3) is 3.72. The number of nitrogens with two attached hydrogens (primary N) is 1. The largest absolute Gasteiger partial charge is 0.377 e. The van der Waals surface area contributed by atoms with Gasteiger partial charge in [0.05, 0.1) is 6.10 Å². The summed E-state index contributed by atoms with van der Waals surface area (Å²) in [5.74, 6) is 0.732. The van der Waals surface area contributed by atoms with Crippen LogP contribution in [0.2, 0.25) is 0 Å². The summed E-state index contributed by atoms with van der Waals surface area (Å²) in [5, 5.41) is 0. The van der Waals surface area contributed by atoms with Crippen LogP contribution in [0.15, 0.2) is 0 Å². The van der Waals surface area contributed by atoms with Crippen LogP contribution in [-0.2, 0) is 4.74 Å². The second-order valence-electron chi connectivity index (χ2n) is 4.91. The molecule has 16 heavy (non-hydrogen) atoms. The molecule has 1 fully saturated rings. The summed E-state index contributed by atoms with van der Waals surface area (Å²) in [6.07, 6.45) is 3.95. The zero-order valence-electron chi connectivity index (χ0n) is 11.1. The Kier molecular flexibility index (Phi) is 6.32. The quantitative estimate of drug-likeness (QED) is 0.780. The van der Waals surface area contributed by atoms with Crippen molar-refractivity contribution in [2.24, 2.45) is 11.7 Å². The molecular weight excluding hydrogens is 200 g/mol. The van der Waals surface area contributed by atoms with E-state index in [1.165, 1.54) is 12.8 Å². The molecule has 0 aliphatic carbocycles. The van der Waals surface area contributed by atoms with Gasteiger partial charge in [-0.2, -0.15) is 0 Å². The van der Waals surface area contributed by atoms with Crippen LogP contribution in [0.3, 0.4) is 0 Å². The first kappa shape index (κ1) is 13.9. The van der Waals surface area contributed by atoms with Crippen LogP contribution in [0.25, 0.3) is 0 Å². The van der Waals surface area contributed by atoms with Gasteiger partial charge in [-0.1, -0.05) is 26.7 Å². The summed E-state index contributed by atoms with van der Waals surface area (Å²) in [6.45, 7) is 10.6. The molecule has 0 aromatic heterocycles. The van der Waals surface area contributed by atoms with E-state index in [9.17, 15) is 0 Å². The fourth-order valence-corrected chi connectivity index (χ4v) is 2.80. The van der Waals surface area contributed by atoms with E-state index in [-0.39, 0.29) is 0 Å². The normalized spacial score (nSPS) is 25.7. The Balaban J connectivity index is 2.61. The van der Waals surface area contributed by atoms with Crippen molar-refractivity contribution in [1.29, 1.82) is 0 Å². The predicted octanol–water partition coefficient (Wildman–Crippen LogP) is 1.86. The second-order valence-corrected chi connectivity index (χ2v) is 4.91. The Morgan fingerprint density at radius 1 is 1.38 bits per heavy atom. The maximum absolute atomic E-state index is 5.97. The predicted molar refractivity (Wildman–Crippen MR) is 68.5 cm³/mol. The van der Waals surface area contributed by atoms with Gasteiger partial charge in [-0.15, -0.1) is 0 Å². The Morgan fingerprint density at radius 2 is 2.06 bits per heavy atom. The molecule has 1 rings (SSSR count). The number of rotatable bonds is 5. The Bertz CT molecular complexity index is 183. The van der Waals surface area contributed by atoms with E-state index in [1.54, 1.807) is 0 Å². The van der Waals surface area contributed by atoms with Crippen molar-refractivity contribution in [3.8, 4) is 0 Å². The number of ether oxygens (including phenoxy) is 1. The molecule has 0 spiro atoms.